The van der Waals surface area contributed by atoms with Crippen molar-refractivity contribution in [2.75, 3.05) is 30.5 Å². The topological polar surface area (TPSA) is 73.6 Å². The largest absolute Gasteiger partial charge is 0.395 e. The van der Waals surface area contributed by atoms with Gasteiger partial charge in [0.1, 0.15) is 0 Å². The van der Waals surface area contributed by atoms with Gasteiger partial charge in [-0.05, 0) is 17.7 Å². The minimum Gasteiger partial charge on any atom is -0.395 e. The van der Waals surface area contributed by atoms with Crippen molar-refractivity contribution in [1.82, 2.24) is 10.2 Å². The van der Waals surface area contributed by atoms with E-state index in [0.717, 1.165) is 22.0 Å². The quantitative estimate of drug-likeness (QED) is 0.539. The maximum atomic E-state index is 8.97. The summed E-state index contributed by atoms with van der Waals surface area (Å²) < 4.78 is 0. The Hall–Kier alpha value is -2.99. The summed E-state index contributed by atoms with van der Waals surface area (Å²) in [5, 5.41) is 23.3. The fraction of sp³-hybridized carbons (Fsp3) is 0.167. The highest BCUT2D eigenvalue weighted by atomic mass is 16.3. The second kappa shape index (κ2) is 7.52. The van der Waals surface area contributed by atoms with Crippen LogP contribution >= 0.6 is 0 Å². The van der Waals surface area contributed by atoms with Crippen LogP contribution in [0.4, 0.5) is 11.5 Å². The van der Waals surface area contributed by atoms with Gasteiger partial charge in [-0.25, -0.2) is 0 Å². The fourth-order valence-electron chi connectivity index (χ4n) is 2.37. The molecule has 0 aliphatic rings. The van der Waals surface area contributed by atoms with E-state index in [1.807, 2.05) is 60.5 Å². The van der Waals surface area contributed by atoms with Crippen LogP contribution in [0.25, 0.3) is 10.8 Å². The first-order chi connectivity index (χ1) is 11.8. The van der Waals surface area contributed by atoms with Crippen LogP contribution in [0.15, 0.2) is 59.8 Å². The second-order valence-corrected chi connectivity index (χ2v) is 5.39. The van der Waals surface area contributed by atoms with Crippen LogP contribution in [0.1, 0.15) is 5.56 Å². The molecule has 0 amide bonds. The van der Waals surface area contributed by atoms with E-state index in [4.69, 9.17) is 5.11 Å². The molecule has 0 radical (unpaired) electrons. The molecule has 3 rings (SSSR count). The van der Waals surface area contributed by atoms with Crippen molar-refractivity contribution in [2.45, 2.75) is 0 Å². The lowest BCUT2D eigenvalue weighted by Crippen LogP contribution is -2.20. The Morgan fingerprint density at radius 3 is 2.75 bits per heavy atom. The number of aliphatic hydroxyl groups is 1. The van der Waals surface area contributed by atoms with Gasteiger partial charge in [-0.1, -0.05) is 36.4 Å². The molecule has 0 saturated carbocycles. The van der Waals surface area contributed by atoms with Gasteiger partial charge in [0.15, 0.2) is 5.82 Å². The number of fused-ring (bicyclic) bond motifs is 1. The van der Waals surface area contributed by atoms with Crippen molar-refractivity contribution in [3.05, 3.63) is 60.3 Å². The van der Waals surface area contributed by atoms with Crippen molar-refractivity contribution >= 4 is 28.5 Å². The second-order valence-electron chi connectivity index (χ2n) is 5.39. The zero-order valence-electron chi connectivity index (χ0n) is 13.4. The van der Waals surface area contributed by atoms with E-state index in [1.54, 1.807) is 12.4 Å². The number of rotatable bonds is 6. The Bertz CT molecular complexity index is 827. The zero-order valence-corrected chi connectivity index (χ0v) is 13.4. The molecule has 2 N–H and O–H groups in total. The van der Waals surface area contributed by atoms with Crippen LogP contribution in [0.5, 0.6) is 0 Å². The molecular formula is C18H19N5O. The van der Waals surface area contributed by atoms with Crippen molar-refractivity contribution in [2.24, 2.45) is 5.10 Å². The molecule has 0 aliphatic carbocycles. The number of aliphatic hydroxyl groups excluding tert-OH is 1. The molecule has 24 heavy (non-hydrogen) atoms. The summed E-state index contributed by atoms with van der Waals surface area (Å²) in [7, 11) is 1.94. The third-order valence-electron chi connectivity index (χ3n) is 3.72. The summed E-state index contributed by atoms with van der Waals surface area (Å²) in [5.41, 5.74) is 4.97. The molecule has 1 aromatic heterocycles. The molecule has 0 fully saturated rings. The first kappa shape index (κ1) is 15.9. The van der Waals surface area contributed by atoms with Gasteiger partial charge in [-0.15, -0.1) is 5.10 Å². The molecule has 6 nitrogen and oxygen atoms in total. The number of nitrogens with one attached hydrogen (secondary N) is 1. The molecule has 0 bridgehead atoms. The lowest BCUT2D eigenvalue weighted by molar-refractivity contribution is 0.304. The van der Waals surface area contributed by atoms with Gasteiger partial charge < -0.3 is 10.0 Å². The van der Waals surface area contributed by atoms with Gasteiger partial charge >= 0.3 is 0 Å². The molecule has 0 saturated heterocycles. The SMILES string of the molecule is CN(CCO)c1ccc(/C=N/Nc2nncc3ccccc23)cc1. The van der Waals surface area contributed by atoms with Crippen LogP contribution in [-0.4, -0.2) is 41.7 Å². The fourth-order valence-corrected chi connectivity index (χ4v) is 2.37. The number of hydrogen-bond donors (Lipinski definition) is 2. The summed E-state index contributed by atoms with van der Waals surface area (Å²) in [6.07, 6.45) is 3.46. The standard InChI is InChI=1S/C18H19N5O/c1-23(10-11-24)16-8-6-14(7-9-16)12-19-21-18-17-5-3-2-4-15(17)13-20-22-18/h2-9,12-13,24H,10-11H2,1H3,(H,21,22)/b19-12+. The Morgan fingerprint density at radius 2 is 1.96 bits per heavy atom. The Balaban J connectivity index is 1.70. The molecule has 2 aromatic carbocycles. The molecule has 0 spiro atoms. The molecule has 0 aliphatic heterocycles. The highest BCUT2D eigenvalue weighted by molar-refractivity contribution is 5.91. The van der Waals surface area contributed by atoms with Crippen molar-refractivity contribution in [1.29, 1.82) is 0 Å². The van der Waals surface area contributed by atoms with Crippen LogP contribution < -0.4 is 10.3 Å². The molecule has 1 heterocycles. The lowest BCUT2D eigenvalue weighted by atomic mass is 10.2. The van der Waals surface area contributed by atoms with Crippen LogP contribution in [-0.2, 0) is 0 Å². The van der Waals surface area contributed by atoms with E-state index in [1.165, 1.54) is 0 Å². The van der Waals surface area contributed by atoms with Gasteiger partial charge in [0.2, 0.25) is 0 Å². The Morgan fingerprint density at radius 1 is 1.17 bits per heavy atom. The summed E-state index contributed by atoms with van der Waals surface area (Å²) in [6.45, 7) is 0.741. The number of hydrazone groups is 1. The van der Waals surface area contributed by atoms with Gasteiger partial charge in [-0.2, -0.15) is 10.2 Å². The van der Waals surface area contributed by atoms with Crippen LogP contribution in [0.3, 0.4) is 0 Å². The van der Waals surface area contributed by atoms with E-state index in [2.05, 4.69) is 20.7 Å². The maximum Gasteiger partial charge on any atom is 0.176 e. The first-order valence-corrected chi connectivity index (χ1v) is 7.69. The monoisotopic (exact) mass is 321 g/mol. The summed E-state index contributed by atoms with van der Waals surface area (Å²) in [4.78, 5) is 1.99. The van der Waals surface area contributed by atoms with E-state index in [-0.39, 0.29) is 6.61 Å². The van der Waals surface area contributed by atoms with Crippen molar-refractivity contribution in [3.63, 3.8) is 0 Å². The molecule has 6 heteroatoms. The van der Waals surface area contributed by atoms with Crippen molar-refractivity contribution < 1.29 is 5.11 Å². The predicted octanol–water partition coefficient (Wildman–Crippen LogP) is 2.50. The molecule has 0 unspecified atom stereocenters. The van der Waals surface area contributed by atoms with E-state index in [0.29, 0.717) is 12.4 Å². The van der Waals surface area contributed by atoms with Gasteiger partial charge in [0, 0.05) is 30.1 Å². The Labute approximate surface area is 140 Å². The Kier molecular flexibility index (Phi) is 4.98. The third-order valence-corrected chi connectivity index (χ3v) is 3.72. The van der Waals surface area contributed by atoms with Crippen LogP contribution in [0, 0.1) is 0 Å². The normalized spacial score (nSPS) is 11.1. The summed E-state index contributed by atoms with van der Waals surface area (Å²) in [5.74, 6) is 0.628. The number of hydrogen-bond acceptors (Lipinski definition) is 6. The van der Waals surface area contributed by atoms with Crippen LogP contribution in [0.2, 0.25) is 0 Å². The van der Waals surface area contributed by atoms with E-state index < -0.39 is 0 Å². The minimum atomic E-state index is 0.135. The molecular weight excluding hydrogens is 302 g/mol. The summed E-state index contributed by atoms with van der Waals surface area (Å²) >= 11 is 0. The number of nitrogens with zero attached hydrogens (tertiary/aromatic N) is 4. The third kappa shape index (κ3) is 3.67. The van der Waals surface area contributed by atoms with Gasteiger partial charge in [-0.3, -0.25) is 5.43 Å². The average Bonchev–Trinajstić information content (AvgIpc) is 2.63. The molecule has 3 aromatic rings. The lowest BCUT2D eigenvalue weighted by Gasteiger charge is -2.17. The number of benzene rings is 2. The number of likely N-dealkylation sites (N-methyl/N-ethyl adjacent to an activating group) is 1. The highest BCUT2D eigenvalue weighted by Crippen LogP contribution is 2.19. The van der Waals surface area contributed by atoms with Gasteiger partial charge in [0.05, 0.1) is 19.0 Å². The minimum absolute atomic E-state index is 0.135. The number of anilines is 2. The highest BCUT2D eigenvalue weighted by Gasteiger charge is 2.01. The molecule has 122 valence electrons. The van der Waals surface area contributed by atoms with E-state index in [9.17, 15) is 0 Å². The summed E-state index contributed by atoms with van der Waals surface area (Å²) in [6, 6.07) is 15.8. The maximum absolute atomic E-state index is 8.97. The van der Waals surface area contributed by atoms with Gasteiger partial charge in [0.25, 0.3) is 0 Å². The average molecular weight is 321 g/mol. The smallest absolute Gasteiger partial charge is 0.176 e. The van der Waals surface area contributed by atoms with Crippen molar-refractivity contribution in [3.8, 4) is 0 Å². The predicted molar refractivity (Wildman–Crippen MR) is 97.6 cm³/mol. The van der Waals surface area contributed by atoms with E-state index >= 15 is 0 Å². The molecule has 0 atom stereocenters. The zero-order chi connectivity index (χ0) is 16.8. The first-order valence-electron chi connectivity index (χ1n) is 7.69. The number of aromatic nitrogens is 2.